The van der Waals surface area contributed by atoms with Crippen molar-refractivity contribution < 1.29 is 0 Å². The molecule has 26 heavy (non-hydrogen) atoms. The summed E-state index contributed by atoms with van der Waals surface area (Å²) in [5.74, 6) is 0. The highest BCUT2D eigenvalue weighted by Gasteiger charge is 2.26. The van der Waals surface area contributed by atoms with Crippen LogP contribution in [0.5, 0.6) is 0 Å². The van der Waals surface area contributed by atoms with E-state index in [9.17, 15) is 0 Å². The van der Waals surface area contributed by atoms with Gasteiger partial charge in [0.15, 0.2) is 0 Å². The van der Waals surface area contributed by atoms with Crippen LogP contribution in [0.15, 0.2) is 75.7 Å². The van der Waals surface area contributed by atoms with Gasteiger partial charge in [0, 0.05) is 11.1 Å². The molecule has 0 spiro atoms. The lowest BCUT2D eigenvalue weighted by Crippen LogP contribution is -1.83. The lowest BCUT2D eigenvalue weighted by Gasteiger charge is -2.03. The average Bonchev–Trinajstić information content (AvgIpc) is 2.93. The Balaban J connectivity index is 1.92. The molecule has 0 unspecified atom stereocenters. The molecule has 2 aliphatic rings. The summed E-state index contributed by atoms with van der Waals surface area (Å²) in [6, 6.07) is 7.51. The molecule has 0 fully saturated rings. The second-order valence-corrected chi connectivity index (χ2v) is 8.32. The van der Waals surface area contributed by atoms with E-state index in [4.69, 9.17) is 92.8 Å². The third-order valence-corrected chi connectivity index (χ3v) is 7.32. The van der Waals surface area contributed by atoms with Gasteiger partial charge in [0.2, 0.25) is 0 Å². The molecule has 0 saturated carbocycles. The highest BCUT2D eigenvalue weighted by molar-refractivity contribution is 6.56. The Bertz CT molecular complexity index is 852. The standard InChI is InChI=1S/C18H6Cl8/c19-11-9(12(20)16(24)15(11)23)5-7-1-2-8(4-3-7)6-10-13(21)17(25)18(26)14(10)22/h1-6H. The number of hydrogen-bond donors (Lipinski definition) is 0. The molecule has 0 radical (unpaired) electrons. The fourth-order valence-corrected chi connectivity index (χ4v) is 4.38. The Labute approximate surface area is 190 Å². The minimum atomic E-state index is 0.240. The van der Waals surface area contributed by atoms with Crippen molar-refractivity contribution in [2.75, 3.05) is 0 Å². The highest BCUT2D eigenvalue weighted by Crippen LogP contribution is 2.46. The summed E-state index contributed by atoms with van der Waals surface area (Å²) in [5, 5.41) is 2.22. The molecule has 0 nitrogen and oxygen atoms in total. The second kappa shape index (κ2) is 8.15. The van der Waals surface area contributed by atoms with Crippen molar-refractivity contribution in [3.63, 3.8) is 0 Å². The van der Waals surface area contributed by atoms with Crippen molar-refractivity contribution in [2.45, 2.75) is 0 Å². The number of rotatable bonds is 2. The molecule has 3 rings (SSSR count). The zero-order valence-electron chi connectivity index (χ0n) is 12.5. The Kier molecular flexibility index (Phi) is 6.49. The van der Waals surface area contributed by atoms with Crippen LogP contribution in [0.1, 0.15) is 11.1 Å². The van der Waals surface area contributed by atoms with Crippen LogP contribution in [0.2, 0.25) is 0 Å². The van der Waals surface area contributed by atoms with Crippen molar-refractivity contribution in [3.8, 4) is 0 Å². The molecule has 0 heterocycles. The smallest absolute Gasteiger partial charge is 0.0800 e. The monoisotopic (exact) mass is 502 g/mol. The maximum Gasteiger partial charge on any atom is 0.0800 e. The SMILES string of the molecule is ClC1=C(Cl)C(Cl)=C(Cl)C1=Cc1ccc(C=C2C(Cl)=C(Cl)C(Cl)=C2Cl)cc1. The van der Waals surface area contributed by atoms with E-state index < -0.39 is 0 Å². The van der Waals surface area contributed by atoms with Gasteiger partial charge in [-0.1, -0.05) is 117 Å². The van der Waals surface area contributed by atoms with Crippen LogP contribution in [-0.4, -0.2) is 0 Å². The molecule has 134 valence electrons. The molecular formula is C18H6Cl8. The summed E-state index contributed by atoms with van der Waals surface area (Å²) in [7, 11) is 0. The fraction of sp³-hybridized carbons (Fsp3) is 0. The van der Waals surface area contributed by atoms with Gasteiger partial charge in [-0.15, -0.1) is 0 Å². The number of hydrogen-bond acceptors (Lipinski definition) is 0. The van der Waals surface area contributed by atoms with Gasteiger partial charge in [-0.05, 0) is 23.3 Å². The summed E-state index contributed by atoms with van der Waals surface area (Å²) < 4.78 is 0. The van der Waals surface area contributed by atoms with Gasteiger partial charge in [-0.25, -0.2) is 0 Å². The van der Waals surface area contributed by atoms with Crippen LogP contribution < -0.4 is 0 Å². The minimum absolute atomic E-state index is 0.240. The van der Waals surface area contributed by atoms with Gasteiger partial charge in [-0.3, -0.25) is 0 Å². The second-order valence-electron chi connectivity index (χ2n) is 5.29. The largest absolute Gasteiger partial charge is 0.0819 e. The molecule has 0 aliphatic heterocycles. The van der Waals surface area contributed by atoms with Crippen LogP contribution in [0.3, 0.4) is 0 Å². The summed E-state index contributed by atoms with van der Waals surface area (Å²) in [4.78, 5) is 0. The maximum atomic E-state index is 6.17. The molecule has 1 aromatic rings. The first-order chi connectivity index (χ1) is 12.2. The number of benzene rings is 1. The lowest BCUT2D eigenvalue weighted by atomic mass is 10.1. The van der Waals surface area contributed by atoms with Gasteiger partial charge < -0.3 is 0 Å². The Morgan fingerprint density at radius 2 is 0.615 bits per heavy atom. The molecule has 0 bridgehead atoms. The van der Waals surface area contributed by atoms with Gasteiger partial charge in [-0.2, -0.15) is 0 Å². The zero-order valence-corrected chi connectivity index (χ0v) is 18.5. The topological polar surface area (TPSA) is 0 Å². The van der Waals surface area contributed by atoms with Gasteiger partial charge >= 0.3 is 0 Å². The van der Waals surface area contributed by atoms with Crippen LogP contribution in [0.25, 0.3) is 12.2 Å². The van der Waals surface area contributed by atoms with Crippen LogP contribution in [0, 0.1) is 0 Å². The lowest BCUT2D eigenvalue weighted by molar-refractivity contribution is 1.58. The van der Waals surface area contributed by atoms with E-state index in [0.717, 1.165) is 11.1 Å². The predicted molar refractivity (Wildman–Crippen MR) is 117 cm³/mol. The van der Waals surface area contributed by atoms with Crippen molar-refractivity contribution >= 4 is 105 Å². The summed E-state index contributed by atoms with van der Waals surface area (Å²) in [6.07, 6.45) is 3.59. The van der Waals surface area contributed by atoms with E-state index in [1.165, 1.54) is 0 Å². The summed E-state index contributed by atoms with van der Waals surface area (Å²) >= 11 is 48.7. The molecule has 1 aromatic carbocycles. The van der Waals surface area contributed by atoms with E-state index in [1.54, 1.807) is 12.2 Å². The predicted octanol–water partition coefficient (Wildman–Crippen LogP) is 9.24. The fourth-order valence-electron chi connectivity index (χ4n) is 2.33. The molecule has 0 atom stereocenters. The minimum Gasteiger partial charge on any atom is -0.0819 e. The Hall–Kier alpha value is -0.0200. The van der Waals surface area contributed by atoms with E-state index >= 15 is 0 Å². The first kappa shape index (κ1) is 20.7. The first-order valence-corrected chi connectivity index (χ1v) is 10.0. The highest BCUT2D eigenvalue weighted by atomic mass is 35.5. The van der Waals surface area contributed by atoms with Crippen molar-refractivity contribution in [3.05, 3.63) is 86.8 Å². The Morgan fingerprint density at radius 3 is 0.846 bits per heavy atom. The van der Waals surface area contributed by atoms with Crippen LogP contribution >= 0.6 is 92.8 Å². The zero-order chi connectivity index (χ0) is 19.2. The van der Waals surface area contributed by atoms with Gasteiger partial charge in [0.25, 0.3) is 0 Å². The van der Waals surface area contributed by atoms with E-state index in [0.29, 0.717) is 31.3 Å². The number of allylic oxidation sites excluding steroid dienone is 10. The normalized spacial score (nSPS) is 18.0. The van der Waals surface area contributed by atoms with Crippen molar-refractivity contribution in [1.29, 1.82) is 0 Å². The molecule has 0 aromatic heterocycles. The van der Waals surface area contributed by atoms with Crippen LogP contribution in [-0.2, 0) is 0 Å². The molecule has 0 saturated heterocycles. The summed E-state index contributed by atoms with van der Waals surface area (Å²) in [5.41, 5.74) is 2.86. The molecule has 2 aliphatic carbocycles. The van der Waals surface area contributed by atoms with Crippen molar-refractivity contribution in [1.82, 2.24) is 0 Å². The molecule has 8 heteroatoms. The van der Waals surface area contributed by atoms with E-state index in [2.05, 4.69) is 0 Å². The van der Waals surface area contributed by atoms with E-state index in [-0.39, 0.29) is 20.1 Å². The van der Waals surface area contributed by atoms with Crippen LogP contribution in [0.4, 0.5) is 0 Å². The van der Waals surface area contributed by atoms with Crippen molar-refractivity contribution in [2.24, 2.45) is 0 Å². The molecular weight excluding hydrogens is 500 g/mol. The average molecular weight is 506 g/mol. The quantitative estimate of drug-likeness (QED) is 0.376. The molecule has 0 amide bonds. The maximum absolute atomic E-state index is 6.17. The number of halogens is 8. The van der Waals surface area contributed by atoms with Gasteiger partial charge in [0.05, 0.1) is 40.3 Å². The van der Waals surface area contributed by atoms with E-state index in [1.807, 2.05) is 24.3 Å². The molecule has 0 N–H and O–H groups in total. The first-order valence-electron chi connectivity index (χ1n) is 6.99. The van der Waals surface area contributed by atoms with Gasteiger partial charge in [0.1, 0.15) is 0 Å². The third-order valence-electron chi connectivity index (χ3n) is 3.66. The Morgan fingerprint density at radius 1 is 0.385 bits per heavy atom. The summed E-state index contributed by atoms with van der Waals surface area (Å²) in [6.45, 7) is 0. The third kappa shape index (κ3) is 3.77.